The molecule has 0 saturated heterocycles. The second-order valence-corrected chi connectivity index (χ2v) is 5.30. The maximum Gasteiger partial charge on any atom is 0.319 e. The molecule has 0 unspecified atom stereocenters. The van der Waals surface area contributed by atoms with E-state index in [1.807, 2.05) is 60.7 Å². The Hall–Kier alpha value is -3.08. The molecule has 0 aliphatic carbocycles. The van der Waals surface area contributed by atoms with Crippen molar-refractivity contribution in [2.24, 2.45) is 0 Å². The van der Waals surface area contributed by atoms with Crippen LogP contribution in [0, 0.1) is 0 Å². The topological polar surface area (TPSA) is 70.2 Å². The molecule has 1 aliphatic heterocycles. The Labute approximate surface area is 134 Å². The summed E-state index contributed by atoms with van der Waals surface area (Å²) in [5, 5.41) is 8.34. The van der Waals surface area contributed by atoms with Crippen LogP contribution in [0.3, 0.4) is 0 Å². The van der Waals surface area contributed by atoms with Crippen LogP contribution in [0.25, 0.3) is 0 Å². The first-order valence-electron chi connectivity index (χ1n) is 7.35. The lowest BCUT2D eigenvalue weighted by atomic mass is 9.95. The smallest absolute Gasteiger partial charge is 0.319 e. The Morgan fingerprint density at radius 2 is 1.61 bits per heavy atom. The van der Waals surface area contributed by atoms with Gasteiger partial charge in [0.1, 0.15) is 0 Å². The van der Waals surface area contributed by atoms with Gasteiger partial charge in [-0.2, -0.15) is 0 Å². The number of carbonyl (C=O) groups is 2. The van der Waals surface area contributed by atoms with Gasteiger partial charge >= 0.3 is 6.03 Å². The van der Waals surface area contributed by atoms with Crippen molar-refractivity contribution in [3.8, 4) is 0 Å². The Morgan fingerprint density at radius 3 is 2.26 bits per heavy atom. The van der Waals surface area contributed by atoms with E-state index in [0.717, 1.165) is 5.56 Å². The van der Waals surface area contributed by atoms with E-state index in [-0.39, 0.29) is 11.9 Å². The first-order chi connectivity index (χ1) is 11.1. The Balaban J connectivity index is 1.94. The highest BCUT2D eigenvalue weighted by Crippen LogP contribution is 2.27. The molecule has 1 aliphatic rings. The summed E-state index contributed by atoms with van der Waals surface area (Å²) < 4.78 is 0. The van der Waals surface area contributed by atoms with Gasteiger partial charge in [-0.15, -0.1) is 0 Å². The van der Waals surface area contributed by atoms with Crippen molar-refractivity contribution in [2.45, 2.75) is 13.0 Å². The molecule has 0 bridgehead atoms. The van der Waals surface area contributed by atoms with Crippen LogP contribution in [-0.2, 0) is 4.79 Å². The van der Waals surface area contributed by atoms with Crippen LogP contribution in [0.15, 0.2) is 71.9 Å². The van der Waals surface area contributed by atoms with Gasteiger partial charge in [-0.3, -0.25) is 4.79 Å². The highest BCUT2D eigenvalue weighted by molar-refractivity contribution is 6.06. The molecular weight excluding hydrogens is 290 g/mol. The number of hydrogen-bond donors (Lipinski definition) is 3. The SMILES string of the molecule is CC1=C(C(=O)Nc2ccccc2)[C@H](c2ccccc2)NC(=O)N1. The molecule has 0 saturated carbocycles. The highest BCUT2D eigenvalue weighted by Gasteiger charge is 2.30. The molecule has 5 nitrogen and oxygen atoms in total. The van der Waals surface area contributed by atoms with Gasteiger partial charge in [0, 0.05) is 11.4 Å². The average Bonchev–Trinajstić information content (AvgIpc) is 2.55. The second kappa shape index (κ2) is 6.36. The molecule has 3 rings (SSSR count). The molecule has 2 aromatic rings. The summed E-state index contributed by atoms with van der Waals surface area (Å²) in [4.78, 5) is 24.5. The molecule has 116 valence electrons. The number of para-hydroxylation sites is 1. The van der Waals surface area contributed by atoms with Crippen LogP contribution in [0.4, 0.5) is 10.5 Å². The third-order valence-corrected chi connectivity index (χ3v) is 3.68. The minimum atomic E-state index is -0.478. The zero-order chi connectivity index (χ0) is 16.2. The van der Waals surface area contributed by atoms with Crippen LogP contribution in [-0.4, -0.2) is 11.9 Å². The van der Waals surface area contributed by atoms with E-state index in [4.69, 9.17) is 0 Å². The molecule has 0 fully saturated rings. The first-order valence-corrected chi connectivity index (χ1v) is 7.35. The van der Waals surface area contributed by atoms with E-state index < -0.39 is 6.04 Å². The summed E-state index contributed by atoms with van der Waals surface area (Å²) in [6.45, 7) is 1.73. The van der Waals surface area contributed by atoms with Crippen molar-refractivity contribution in [1.29, 1.82) is 0 Å². The van der Waals surface area contributed by atoms with E-state index in [1.165, 1.54) is 0 Å². The van der Waals surface area contributed by atoms with Gasteiger partial charge in [0.15, 0.2) is 0 Å². The quantitative estimate of drug-likeness (QED) is 0.816. The molecule has 0 radical (unpaired) electrons. The fourth-order valence-corrected chi connectivity index (χ4v) is 2.61. The Bertz CT molecular complexity index is 754. The lowest BCUT2D eigenvalue weighted by Crippen LogP contribution is -2.45. The van der Waals surface area contributed by atoms with Crippen molar-refractivity contribution in [2.75, 3.05) is 5.32 Å². The highest BCUT2D eigenvalue weighted by atomic mass is 16.2. The minimum absolute atomic E-state index is 0.241. The summed E-state index contributed by atoms with van der Waals surface area (Å²) in [6, 6.07) is 17.9. The maximum atomic E-state index is 12.7. The molecule has 0 aromatic heterocycles. The summed E-state index contributed by atoms with van der Waals surface area (Å²) >= 11 is 0. The molecule has 5 heteroatoms. The average molecular weight is 307 g/mol. The number of rotatable bonds is 3. The summed E-state index contributed by atoms with van der Waals surface area (Å²) in [6.07, 6.45) is 0. The standard InChI is InChI=1S/C18H17N3O2/c1-12-15(17(22)20-14-10-6-3-7-11-14)16(21-18(23)19-12)13-8-4-2-5-9-13/h2-11,16H,1H3,(H,20,22)(H2,19,21,23)/t16-/m0/s1. The van der Waals surface area contributed by atoms with Crippen molar-refractivity contribution in [1.82, 2.24) is 10.6 Å². The van der Waals surface area contributed by atoms with Crippen LogP contribution in [0.5, 0.6) is 0 Å². The minimum Gasteiger partial charge on any atom is -0.327 e. The van der Waals surface area contributed by atoms with E-state index in [9.17, 15) is 9.59 Å². The molecule has 1 atom stereocenters. The summed E-state index contributed by atoms with van der Waals surface area (Å²) in [5.41, 5.74) is 2.62. The monoisotopic (exact) mass is 307 g/mol. The lowest BCUT2D eigenvalue weighted by Gasteiger charge is -2.28. The van der Waals surface area contributed by atoms with Crippen molar-refractivity contribution in [3.05, 3.63) is 77.5 Å². The number of benzene rings is 2. The van der Waals surface area contributed by atoms with Crippen LogP contribution in [0.2, 0.25) is 0 Å². The Kier molecular flexibility index (Phi) is 4.10. The van der Waals surface area contributed by atoms with E-state index >= 15 is 0 Å². The number of nitrogens with one attached hydrogen (secondary N) is 3. The zero-order valence-electron chi connectivity index (χ0n) is 12.7. The Morgan fingerprint density at radius 1 is 1.00 bits per heavy atom. The number of anilines is 1. The molecular formula is C18H17N3O2. The predicted molar refractivity (Wildman–Crippen MR) is 88.6 cm³/mol. The van der Waals surface area contributed by atoms with Gasteiger partial charge in [-0.25, -0.2) is 4.79 Å². The van der Waals surface area contributed by atoms with Gasteiger partial charge in [0.05, 0.1) is 11.6 Å². The largest absolute Gasteiger partial charge is 0.327 e. The van der Waals surface area contributed by atoms with E-state index in [2.05, 4.69) is 16.0 Å². The summed E-state index contributed by atoms with van der Waals surface area (Å²) in [5.74, 6) is -0.241. The number of hydrogen-bond acceptors (Lipinski definition) is 2. The van der Waals surface area contributed by atoms with Gasteiger partial charge in [0.25, 0.3) is 5.91 Å². The second-order valence-electron chi connectivity index (χ2n) is 5.30. The fourth-order valence-electron chi connectivity index (χ4n) is 2.61. The third kappa shape index (κ3) is 3.23. The number of amides is 3. The molecule has 1 heterocycles. The predicted octanol–water partition coefficient (Wildman–Crippen LogP) is 2.95. The zero-order valence-corrected chi connectivity index (χ0v) is 12.7. The van der Waals surface area contributed by atoms with Gasteiger partial charge in [-0.1, -0.05) is 48.5 Å². The molecule has 2 aromatic carbocycles. The molecule has 23 heavy (non-hydrogen) atoms. The van der Waals surface area contributed by atoms with Crippen LogP contribution >= 0.6 is 0 Å². The van der Waals surface area contributed by atoms with Crippen molar-refractivity contribution >= 4 is 17.6 Å². The van der Waals surface area contributed by atoms with Gasteiger partial charge in [-0.05, 0) is 24.6 Å². The van der Waals surface area contributed by atoms with Gasteiger partial charge in [0.2, 0.25) is 0 Å². The van der Waals surface area contributed by atoms with Gasteiger partial charge < -0.3 is 16.0 Å². The first kappa shape index (κ1) is 14.8. The fraction of sp³-hybridized carbons (Fsp3) is 0.111. The number of allylic oxidation sites excluding steroid dienone is 1. The summed E-state index contributed by atoms with van der Waals surface area (Å²) in [7, 11) is 0. The molecule has 3 amide bonds. The lowest BCUT2D eigenvalue weighted by molar-refractivity contribution is -0.113. The normalized spacial score (nSPS) is 17.3. The molecule has 3 N–H and O–H groups in total. The third-order valence-electron chi connectivity index (χ3n) is 3.68. The van der Waals surface area contributed by atoms with Crippen molar-refractivity contribution in [3.63, 3.8) is 0 Å². The van der Waals surface area contributed by atoms with E-state index in [1.54, 1.807) is 6.92 Å². The maximum absolute atomic E-state index is 12.7. The van der Waals surface area contributed by atoms with Crippen molar-refractivity contribution < 1.29 is 9.59 Å². The van der Waals surface area contributed by atoms with E-state index in [0.29, 0.717) is 17.0 Å². The van der Waals surface area contributed by atoms with Crippen LogP contribution < -0.4 is 16.0 Å². The number of urea groups is 1. The number of carbonyl (C=O) groups excluding carboxylic acids is 2. The van der Waals surface area contributed by atoms with Crippen LogP contribution in [0.1, 0.15) is 18.5 Å². The molecule has 0 spiro atoms.